The Morgan fingerprint density at radius 1 is 0.946 bits per heavy atom. The van der Waals surface area contributed by atoms with Crippen LogP contribution in [0.25, 0.3) is 10.9 Å². The third-order valence-corrected chi connectivity index (χ3v) is 7.70. The lowest BCUT2D eigenvalue weighted by Crippen LogP contribution is -2.45. The van der Waals surface area contributed by atoms with Gasteiger partial charge in [-0.2, -0.15) is 4.98 Å². The van der Waals surface area contributed by atoms with Gasteiger partial charge in [-0.1, -0.05) is 0 Å². The zero-order valence-electron chi connectivity index (χ0n) is 21.6. The van der Waals surface area contributed by atoms with Gasteiger partial charge in [0.2, 0.25) is 5.95 Å². The molecule has 3 fully saturated rings. The van der Waals surface area contributed by atoms with Gasteiger partial charge in [-0.05, 0) is 44.9 Å². The molecule has 37 heavy (non-hydrogen) atoms. The van der Waals surface area contributed by atoms with Crippen molar-refractivity contribution in [3.63, 3.8) is 0 Å². The zero-order valence-corrected chi connectivity index (χ0v) is 21.6. The van der Waals surface area contributed by atoms with Gasteiger partial charge in [0.1, 0.15) is 17.9 Å². The molecule has 4 heterocycles. The summed E-state index contributed by atoms with van der Waals surface area (Å²) in [4.78, 5) is 25.1. The SMILES string of the molecule is CN1CCN(c2nccc(N[C@H]3CC[C@@H](Oc4cc(N5CCOCC5)cc5ncncc45)CC3)n2)CC1. The molecule has 2 saturated heterocycles. The maximum atomic E-state index is 6.60. The first-order valence-corrected chi connectivity index (χ1v) is 13.5. The highest BCUT2D eigenvalue weighted by Gasteiger charge is 2.25. The summed E-state index contributed by atoms with van der Waals surface area (Å²) in [5.74, 6) is 2.61. The van der Waals surface area contributed by atoms with Crippen LogP contribution < -0.4 is 19.9 Å². The van der Waals surface area contributed by atoms with Crippen LogP contribution in [0.3, 0.4) is 0 Å². The van der Waals surface area contributed by atoms with E-state index < -0.39 is 0 Å². The maximum absolute atomic E-state index is 6.60. The summed E-state index contributed by atoms with van der Waals surface area (Å²) in [5, 5.41) is 4.62. The number of fused-ring (bicyclic) bond motifs is 1. The van der Waals surface area contributed by atoms with Crippen LogP contribution in [-0.4, -0.2) is 96.5 Å². The topological polar surface area (TPSA) is 91.8 Å². The molecular formula is C27H36N8O2. The lowest BCUT2D eigenvalue weighted by Gasteiger charge is -2.33. The highest BCUT2D eigenvalue weighted by molar-refractivity contribution is 5.88. The fourth-order valence-corrected chi connectivity index (χ4v) is 5.44. The number of hydrogen-bond acceptors (Lipinski definition) is 10. The quantitative estimate of drug-likeness (QED) is 0.540. The van der Waals surface area contributed by atoms with Crippen LogP contribution in [0, 0.1) is 0 Å². The molecule has 6 rings (SSSR count). The molecular weight excluding hydrogens is 468 g/mol. The third kappa shape index (κ3) is 5.70. The van der Waals surface area contributed by atoms with Crippen molar-refractivity contribution in [1.82, 2.24) is 24.8 Å². The third-order valence-electron chi connectivity index (χ3n) is 7.70. The number of rotatable bonds is 6. The van der Waals surface area contributed by atoms with Crippen molar-refractivity contribution < 1.29 is 9.47 Å². The molecule has 1 aromatic carbocycles. The second-order valence-electron chi connectivity index (χ2n) is 10.3. The van der Waals surface area contributed by atoms with Gasteiger partial charge in [0.25, 0.3) is 0 Å². The lowest BCUT2D eigenvalue weighted by molar-refractivity contribution is 0.122. The van der Waals surface area contributed by atoms with Crippen molar-refractivity contribution in [2.45, 2.75) is 37.8 Å². The van der Waals surface area contributed by atoms with E-state index in [1.54, 1.807) is 6.33 Å². The van der Waals surface area contributed by atoms with Crippen molar-refractivity contribution in [2.75, 3.05) is 74.6 Å². The van der Waals surface area contributed by atoms with Crippen molar-refractivity contribution in [2.24, 2.45) is 0 Å². The van der Waals surface area contributed by atoms with Crippen LogP contribution in [0.15, 0.2) is 36.9 Å². The number of morpholine rings is 1. The van der Waals surface area contributed by atoms with E-state index in [0.717, 1.165) is 112 Å². The van der Waals surface area contributed by atoms with Gasteiger partial charge in [-0.15, -0.1) is 0 Å². The van der Waals surface area contributed by atoms with Crippen molar-refractivity contribution >= 4 is 28.4 Å². The average Bonchev–Trinajstić information content (AvgIpc) is 2.95. The molecule has 0 spiro atoms. The normalized spacial score (nSPS) is 23.3. The van der Waals surface area contributed by atoms with Crippen LogP contribution in [0.4, 0.5) is 17.5 Å². The van der Waals surface area contributed by atoms with Crippen LogP contribution in [0.2, 0.25) is 0 Å². The molecule has 2 aromatic heterocycles. The molecule has 0 amide bonds. The minimum absolute atomic E-state index is 0.174. The second kappa shape index (κ2) is 11.0. The molecule has 10 nitrogen and oxygen atoms in total. The monoisotopic (exact) mass is 504 g/mol. The van der Waals surface area contributed by atoms with Crippen LogP contribution in [-0.2, 0) is 4.74 Å². The van der Waals surface area contributed by atoms with E-state index in [-0.39, 0.29) is 6.10 Å². The largest absolute Gasteiger partial charge is 0.490 e. The van der Waals surface area contributed by atoms with Crippen LogP contribution in [0.1, 0.15) is 25.7 Å². The number of ether oxygens (including phenoxy) is 2. The summed E-state index contributed by atoms with van der Waals surface area (Å²) in [5.41, 5.74) is 2.06. The Kier molecular flexibility index (Phi) is 7.18. The highest BCUT2D eigenvalue weighted by atomic mass is 16.5. The van der Waals surface area contributed by atoms with Gasteiger partial charge in [0.05, 0.1) is 30.2 Å². The Morgan fingerprint density at radius 2 is 1.76 bits per heavy atom. The minimum Gasteiger partial charge on any atom is -0.490 e. The fraction of sp³-hybridized carbons (Fsp3) is 0.556. The van der Waals surface area contributed by atoms with E-state index in [9.17, 15) is 0 Å². The molecule has 196 valence electrons. The average molecular weight is 505 g/mol. The molecule has 10 heteroatoms. The lowest BCUT2D eigenvalue weighted by atomic mass is 9.93. The van der Waals surface area contributed by atoms with Crippen LogP contribution in [0.5, 0.6) is 5.75 Å². The van der Waals surface area contributed by atoms with Crippen molar-refractivity contribution in [3.8, 4) is 5.75 Å². The second-order valence-corrected chi connectivity index (χ2v) is 10.3. The number of anilines is 3. The Bertz CT molecular complexity index is 1190. The molecule has 1 N–H and O–H groups in total. The number of nitrogens with zero attached hydrogens (tertiary/aromatic N) is 7. The van der Waals surface area contributed by atoms with Crippen molar-refractivity contribution in [1.29, 1.82) is 0 Å². The highest BCUT2D eigenvalue weighted by Crippen LogP contribution is 2.34. The molecule has 3 aliphatic rings. The number of piperazine rings is 1. The summed E-state index contributed by atoms with van der Waals surface area (Å²) in [7, 11) is 2.16. The first-order valence-electron chi connectivity index (χ1n) is 13.5. The Balaban J connectivity index is 1.08. The summed E-state index contributed by atoms with van der Waals surface area (Å²) in [6.07, 6.45) is 9.57. The summed E-state index contributed by atoms with van der Waals surface area (Å²) in [6, 6.07) is 6.65. The summed E-state index contributed by atoms with van der Waals surface area (Å²) in [6.45, 7) is 7.28. The molecule has 0 radical (unpaired) electrons. The maximum Gasteiger partial charge on any atom is 0.227 e. The number of benzene rings is 1. The first kappa shape index (κ1) is 24.1. The molecule has 0 atom stereocenters. The molecule has 2 aliphatic heterocycles. The predicted octanol–water partition coefficient (Wildman–Crippen LogP) is 2.81. The molecule has 0 bridgehead atoms. The number of likely N-dealkylation sites (N-methyl/N-ethyl adjacent to an activating group) is 1. The van der Waals surface area contributed by atoms with Gasteiger partial charge in [0, 0.05) is 69.5 Å². The van der Waals surface area contributed by atoms with Crippen molar-refractivity contribution in [3.05, 3.63) is 36.9 Å². The van der Waals surface area contributed by atoms with E-state index in [0.29, 0.717) is 6.04 Å². The van der Waals surface area contributed by atoms with Crippen LogP contribution >= 0.6 is 0 Å². The van der Waals surface area contributed by atoms with Gasteiger partial charge in [-0.3, -0.25) is 0 Å². The standard InChI is InChI=1S/C27H36N8O2/c1-33-8-10-35(11-9-33)27-29-7-6-26(32-27)31-20-2-4-22(5-3-20)37-25-17-21(34-12-14-36-15-13-34)16-24-23(25)18-28-19-30-24/h6-7,16-20,22H,2-5,8-15H2,1H3,(H,29,31,32)/t20-,22+. The molecule has 0 unspecified atom stereocenters. The smallest absolute Gasteiger partial charge is 0.227 e. The Labute approximate surface area is 218 Å². The summed E-state index contributed by atoms with van der Waals surface area (Å²) < 4.78 is 12.1. The van der Waals surface area contributed by atoms with E-state index >= 15 is 0 Å². The van der Waals surface area contributed by atoms with E-state index in [2.05, 4.69) is 54.1 Å². The molecule has 3 aromatic rings. The van der Waals surface area contributed by atoms with E-state index in [4.69, 9.17) is 14.5 Å². The minimum atomic E-state index is 0.174. The first-order chi connectivity index (χ1) is 18.2. The summed E-state index contributed by atoms with van der Waals surface area (Å²) >= 11 is 0. The van der Waals surface area contributed by atoms with Gasteiger partial charge in [0.15, 0.2) is 0 Å². The van der Waals surface area contributed by atoms with E-state index in [1.807, 2.05) is 18.5 Å². The Morgan fingerprint density at radius 3 is 2.57 bits per heavy atom. The number of hydrogen-bond donors (Lipinski definition) is 1. The molecule has 1 saturated carbocycles. The number of aromatic nitrogens is 4. The fourth-order valence-electron chi connectivity index (χ4n) is 5.44. The Hall–Kier alpha value is -3.24. The predicted molar refractivity (Wildman–Crippen MR) is 145 cm³/mol. The number of nitrogens with one attached hydrogen (secondary N) is 1. The zero-order chi connectivity index (χ0) is 25.0. The molecule has 1 aliphatic carbocycles. The van der Waals surface area contributed by atoms with Gasteiger partial charge < -0.3 is 29.5 Å². The van der Waals surface area contributed by atoms with E-state index in [1.165, 1.54) is 0 Å². The van der Waals surface area contributed by atoms with Gasteiger partial charge >= 0.3 is 0 Å². The van der Waals surface area contributed by atoms with Gasteiger partial charge in [-0.25, -0.2) is 15.0 Å².